The van der Waals surface area contributed by atoms with Crippen LogP contribution in [0.15, 0.2) is 0 Å². The smallest absolute Gasteiger partial charge is 0.285 e. The van der Waals surface area contributed by atoms with Crippen LogP contribution >= 0.6 is 0 Å². The minimum absolute atomic E-state index is 0.636. The van der Waals surface area contributed by atoms with E-state index in [2.05, 4.69) is 20.8 Å². The highest BCUT2D eigenvalue weighted by Crippen LogP contribution is 2.22. The third kappa shape index (κ3) is 9.88. The van der Waals surface area contributed by atoms with E-state index in [-0.39, 0.29) is 0 Å². The summed E-state index contributed by atoms with van der Waals surface area (Å²) in [6, 6.07) is 0. The lowest BCUT2D eigenvalue weighted by Crippen LogP contribution is -2.41. The van der Waals surface area contributed by atoms with Crippen molar-refractivity contribution in [2.24, 2.45) is 0 Å². The molecule has 0 fully saturated rings. The van der Waals surface area contributed by atoms with E-state index < -0.39 is 5.97 Å². The maximum atomic E-state index is 5.96. The zero-order chi connectivity index (χ0) is 15.1. The van der Waals surface area contributed by atoms with Gasteiger partial charge in [0.15, 0.2) is 0 Å². The summed E-state index contributed by atoms with van der Waals surface area (Å²) in [5.41, 5.74) is 0. The predicted molar refractivity (Wildman–Crippen MR) is 85.8 cm³/mol. The zero-order valence-corrected chi connectivity index (χ0v) is 15.9. The normalized spacial score (nSPS) is 12.2. The number of hydrogen-bond donors (Lipinski definition) is 0. The highest BCUT2D eigenvalue weighted by atomic mass is 28.2. The second kappa shape index (κ2) is 14.0. The van der Waals surface area contributed by atoms with E-state index in [0.717, 1.165) is 49.0 Å². The molecule has 0 aliphatic heterocycles. The molecule has 0 rings (SSSR count). The summed E-state index contributed by atoms with van der Waals surface area (Å²) in [6.07, 6.45) is 7.05. The third-order valence-corrected chi connectivity index (χ3v) is 3.48. The Kier molecular flexibility index (Phi) is 14.1. The molecular weight excluding hydrogens is 272 g/mol. The van der Waals surface area contributed by atoms with Crippen LogP contribution in [-0.4, -0.2) is 42.9 Å². The van der Waals surface area contributed by atoms with E-state index in [1.54, 1.807) is 0 Å². The molecule has 20 heavy (non-hydrogen) atoms. The van der Waals surface area contributed by atoms with Gasteiger partial charge in [-0.05, 0) is 19.3 Å². The van der Waals surface area contributed by atoms with Crippen LogP contribution in [0.5, 0.6) is 0 Å². The molecule has 0 radical (unpaired) electrons. The summed E-state index contributed by atoms with van der Waals surface area (Å²) in [6.45, 7) is 9.13. The van der Waals surface area contributed by atoms with Crippen LogP contribution in [0.1, 0.15) is 65.7 Å². The van der Waals surface area contributed by atoms with E-state index in [9.17, 15) is 0 Å². The minimum atomic E-state index is -0.899. The van der Waals surface area contributed by atoms with Crippen molar-refractivity contribution in [2.45, 2.75) is 71.7 Å². The van der Waals surface area contributed by atoms with Crippen molar-refractivity contribution in [3.05, 3.63) is 0 Å². The fourth-order valence-corrected chi connectivity index (χ4v) is 1.89. The maximum absolute atomic E-state index is 5.96. The Morgan fingerprint density at radius 3 is 1.40 bits per heavy atom. The summed E-state index contributed by atoms with van der Waals surface area (Å²) in [7, 11) is 0.733. The van der Waals surface area contributed by atoms with Gasteiger partial charge in [0.2, 0.25) is 0 Å². The molecule has 122 valence electrons. The van der Waals surface area contributed by atoms with Crippen molar-refractivity contribution >= 4 is 10.5 Å². The van der Waals surface area contributed by atoms with Crippen LogP contribution in [0.3, 0.4) is 0 Å². The molecule has 0 spiro atoms. The van der Waals surface area contributed by atoms with Crippen molar-refractivity contribution in [1.29, 1.82) is 0 Å². The first kappa shape index (κ1) is 20.1. The topological polar surface area (TPSA) is 36.9 Å². The number of ether oxygens (including phenoxy) is 3. The van der Waals surface area contributed by atoms with E-state index in [1.807, 2.05) is 0 Å². The average molecular weight is 307 g/mol. The fourth-order valence-electron chi connectivity index (χ4n) is 1.68. The lowest BCUT2D eigenvalue weighted by Gasteiger charge is -2.33. The number of hydrogen-bond acceptors (Lipinski definition) is 4. The SMILES string of the molecule is CCCCOC(CCO[SiH3])(OCCCC)OCCCC. The Hall–Kier alpha value is 0.0569. The van der Waals surface area contributed by atoms with E-state index in [1.165, 1.54) is 0 Å². The molecule has 0 amide bonds. The summed E-state index contributed by atoms with van der Waals surface area (Å²) in [5.74, 6) is -0.899. The van der Waals surface area contributed by atoms with Crippen molar-refractivity contribution < 1.29 is 18.6 Å². The number of rotatable bonds is 15. The van der Waals surface area contributed by atoms with Crippen LogP contribution < -0.4 is 0 Å². The van der Waals surface area contributed by atoms with Crippen molar-refractivity contribution in [3.63, 3.8) is 0 Å². The summed E-state index contributed by atoms with van der Waals surface area (Å²) in [5, 5.41) is 0. The molecule has 0 atom stereocenters. The van der Waals surface area contributed by atoms with Gasteiger partial charge in [0.1, 0.15) is 10.5 Å². The molecule has 0 aromatic heterocycles. The Morgan fingerprint density at radius 2 is 1.10 bits per heavy atom. The predicted octanol–water partition coefficient (Wildman–Crippen LogP) is 2.78. The van der Waals surface area contributed by atoms with Gasteiger partial charge in [0.25, 0.3) is 5.97 Å². The van der Waals surface area contributed by atoms with Crippen LogP contribution in [0.25, 0.3) is 0 Å². The van der Waals surface area contributed by atoms with Crippen LogP contribution in [0, 0.1) is 0 Å². The lowest BCUT2D eigenvalue weighted by atomic mass is 10.3. The van der Waals surface area contributed by atoms with Gasteiger partial charge in [-0.1, -0.05) is 40.0 Å². The first-order valence-corrected chi connectivity index (χ1v) is 8.97. The Balaban J connectivity index is 4.48. The fraction of sp³-hybridized carbons (Fsp3) is 1.00. The quantitative estimate of drug-likeness (QED) is 0.265. The number of unbranched alkanes of at least 4 members (excludes halogenated alkanes) is 3. The first-order chi connectivity index (χ1) is 9.74. The standard InChI is InChI=1S/C15H34O4Si/c1-4-7-11-16-15(10-14-19-20,17-12-8-5-2)18-13-9-6-3/h4-14H2,1-3,20H3. The monoisotopic (exact) mass is 306 g/mol. The molecule has 0 aliphatic rings. The molecule has 0 aromatic carbocycles. The average Bonchev–Trinajstić information content (AvgIpc) is 2.46. The summed E-state index contributed by atoms with van der Waals surface area (Å²) >= 11 is 0. The molecule has 5 heteroatoms. The lowest BCUT2D eigenvalue weighted by molar-refractivity contribution is -0.385. The molecule has 4 nitrogen and oxygen atoms in total. The van der Waals surface area contributed by atoms with Crippen molar-refractivity contribution in [2.75, 3.05) is 26.4 Å². The minimum Gasteiger partial charge on any atom is -0.428 e. The molecule has 0 saturated carbocycles. The second-order valence-corrected chi connectivity index (χ2v) is 5.61. The van der Waals surface area contributed by atoms with Crippen LogP contribution in [-0.2, 0) is 18.6 Å². The van der Waals surface area contributed by atoms with Gasteiger partial charge in [0, 0.05) is 6.61 Å². The molecule has 0 heterocycles. The molecule has 0 unspecified atom stereocenters. The van der Waals surface area contributed by atoms with Gasteiger partial charge in [-0.2, -0.15) is 0 Å². The van der Waals surface area contributed by atoms with Crippen LogP contribution in [0.4, 0.5) is 0 Å². The largest absolute Gasteiger partial charge is 0.428 e. The second-order valence-electron chi connectivity index (χ2n) is 5.03. The molecule has 0 N–H and O–H groups in total. The first-order valence-electron chi connectivity index (χ1n) is 8.15. The maximum Gasteiger partial charge on any atom is 0.285 e. The van der Waals surface area contributed by atoms with Gasteiger partial charge in [-0.25, -0.2) is 0 Å². The Morgan fingerprint density at radius 1 is 0.700 bits per heavy atom. The van der Waals surface area contributed by atoms with E-state index in [0.29, 0.717) is 32.8 Å². The molecule has 0 aliphatic carbocycles. The molecule has 0 saturated heterocycles. The highest BCUT2D eigenvalue weighted by molar-refractivity contribution is 5.97. The molecular formula is C15H34O4Si. The third-order valence-electron chi connectivity index (χ3n) is 3.07. The highest BCUT2D eigenvalue weighted by Gasteiger charge is 2.33. The van der Waals surface area contributed by atoms with Gasteiger partial charge in [-0.15, -0.1) is 0 Å². The summed E-state index contributed by atoms with van der Waals surface area (Å²) in [4.78, 5) is 0. The van der Waals surface area contributed by atoms with Crippen LogP contribution in [0.2, 0.25) is 0 Å². The summed E-state index contributed by atoms with van der Waals surface area (Å²) < 4.78 is 23.2. The zero-order valence-electron chi connectivity index (χ0n) is 13.9. The van der Waals surface area contributed by atoms with Gasteiger partial charge >= 0.3 is 0 Å². The van der Waals surface area contributed by atoms with E-state index in [4.69, 9.17) is 18.6 Å². The Bertz CT molecular complexity index is 176. The molecule has 0 aromatic rings. The van der Waals surface area contributed by atoms with Gasteiger partial charge in [0.05, 0.1) is 26.2 Å². The Labute approximate surface area is 128 Å². The van der Waals surface area contributed by atoms with Crippen molar-refractivity contribution in [1.82, 2.24) is 0 Å². The van der Waals surface area contributed by atoms with Gasteiger partial charge < -0.3 is 18.6 Å². The van der Waals surface area contributed by atoms with Gasteiger partial charge in [-0.3, -0.25) is 0 Å². The molecule has 0 bridgehead atoms. The van der Waals surface area contributed by atoms with Crippen molar-refractivity contribution in [3.8, 4) is 0 Å². The van der Waals surface area contributed by atoms with E-state index >= 15 is 0 Å².